The van der Waals surface area contributed by atoms with E-state index in [2.05, 4.69) is 20.4 Å². The van der Waals surface area contributed by atoms with Crippen molar-refractivity contribution >= 4 is 22.1 Å². The summed E-state index contributed by atoms with van der Waals surface area (Å²) in [5.74, 6) is -0.0311. The topological polar surface area (TPSA) is 96.0 Å². The first-order valence-corrected chi connectivity index (χ1v) is 13.9. The summed E-state index contributed by atoms with van der Waals surface area (Å²) in [5.41, 5.74) is 1.07. The van der Waals surface area contributed by atoms with Crippen molar-refractivity contribution in [1.82, 2.24) is 0 Å². The molecule has 33 heavy (non-hydrogen) atoms. The summed E-state index contributed by atoms with van der Waals surface area (Å²) in [5, 5.41) is 0. The van der Waals surface area contributed by atoms with Crippen LogP contribution in [0.2, 0.25) is 0 Å². The van der Waals surface area contributed by atoms with Crippen LogP contribution in [0.1, 0.15) is 72.6 Å². The minimum Gasteiger partial charge on any atom is -0.466 e. The van der Waals surface area contributed by atoms with E-state index in [-0.39, 0.29) is 59.8 Å². The molecule has 0 radical (unpaired) electrons. The van der Waals surface area contributed by atoms with Crippen molar-refractivity contribution in [3.63, 3.8) is 0 Å². The molecule has 3 saturated carbocycles. The third kappa shape index (κ3) is 5.64. The zero-order valence-corrected chi connectivity index (χ0v) is 21.5. The second kappa shape index (κ2) is 9.68. The summed E-state index contributed by atoms with van der Waals surface area (Å²) < 4.78 is 40.3. The molecule has 0 aliphatic heterocycles. The molecule has 7 atom stereocenters. The van der Waals surface area contributed by atoms with Crippen molar-refractivity contribution in [3.05, 3.63) is 12.2 Å². The van der Waals surface area contributed by atoms with Gasteiger partial charge in [0.05, 0.1) is 19.5 Å². The Morgan fingerprint density at radius 1 is 1.03 bits per heavy atom. The maximum Gasteiger partial charge on any atom is 0.302 e. The van der Waals surface area contributed by atoms with Gasteiger partial charge >= 0.3 is 11.9 Å². The van der Waals surface area contributed by atoms with E-state index in [9.17, 15) is 18.0 Å². The maximum absolute atomic E-state index is 11.9. The summed E-state index contributed by atoms with van der Waals surface area (Å²) in [7, 11) is -3.57. The molecule has 3 aliphatic carbocycles. The molecule has 3 aliphatic rings. The van der Waals surface area contributed by atoms with Crippen LogP contribution in [0.4, 0.5) is 0 Å². The summed E-state index contributed by atoms with van der Waals surface area (Å²) in [6.45, 7) is 12.1. The molecule has 8 heteroatoms. The standard InChI is InChI=1S/C25H40O7S/c1-16-7-8-22-21(15-31-33(6,28)29)23(10-12-24(16,22)4)25(5)11-9-20(32-18(3)27)13-19(25)14-30-17(2)26/h19-23H,1,7-15H2,2-6H3/t19-,20+,21+,22?,23?,24-,25+/m1/s1. The predicted molar refractivity (Wildman–Crippen MR) is 125 cm³/mol. The molecule has 0 amide bonds. The van der Waals surface area contributed by atoms with Gasteiger partial charge in [-0.25, -0.2) is 0 Å². The highest BCUT2D eigenvalue weighted by molar-refractivity contribution is 7.85. The second-order valence-corrected chi connectivity index (χ2v) is 12.6. The van der Waals surface area contributed by atoms with Crippen LogP contribution in [0.5, 0.6) is 0 Å². The average molecular weight is 485 g/mol. The fourth-order valence-electron chi connectivity index (χ4n) is 7.13. The van der Waals surface area contributed by atoms with Gasteiger partial charge in [0.2, 0.25) is 0 Å². The zero-order chi connectivity index (χ0) is 24.6. The molecule has 0 aromatic heterocycles. The predicted octanol–water partition coefficient (Wildman–Crippen LogP) is 4.26. The SMILES string of the molecule is C=C1CCC2[C@H](COS(C)(=O)=O)C([C@@]3(C)CC[C@H](OC(C)=O)C[C@@H]3COC(C)=O)CC[C@]12C. The molecule has 7 nitrogen and oxygen atoms in total. The van der Waals surface area contributed by atoms with Gasteiger partial charge in [-0.05, 0) is 73.5 Å². The van der Waals surface area contributed by atoms with Gasteiger partial charge in [-0.15, -0.1) is 0 Å². The fourth-order valence-corrected chi connectivity index (χ4v) is 7.54. The first kappa shape index (κ1) is 26.2. The molecule has 3 rings (SSSR count). The molecule has 0 saturated heterocycles. The Morgan fingerprint density at radius 2 is 1.73 bits per heavy atom. The van der Waals surface area contributed by atoms with Gasteiger partial charge in [0.1, 0.15) is 6.10 Å². The van der Waals surface area contributed by atoms with Crippen LogP contribution in [0, 0.1) is 34.5 Å². The van der Waals surface area contributed by atoms with Gasteiger partial charge in [-0.3, -0.25) is 13.8 Å². The molecular formula is C25H40O7S. The van der Waals surface area contributed by atoms with Crippen molar-refractivity contribution in [2.75, 3.05) is 19.5 Å². The molecule has 0 spiro atoms. The third-order valence-corrected chi connectivity index (χ3v) is 9.58. The molecule has 0 aromatic rings. The normalized spacial score (nSPS) is 39.1. The van der Waals surface area contributed by atoms with Crippen molar-refractivity contribution < 1.29 is 31.7 Å². The number of carbonyl (C=O) groups is 2. The lowest BCUT2D eigenvalue weighted by Gasteiger charge is -2.56. The summed E-state index contributed by atoms with van der Waals surface area (Å²) in [6, 6.07) is 0. The Kier molecular flexibility index (Phi) is 7.69. The van der Waals surface area contributed by atoms with Crippen LogP contribution in [-0.2, 0) is 33.4 Å². The van der Waals surface area contributed by atoms with Crippen LogP contribution in [0.3, 0.4) is 0 Å². The van der Waals surface area contributed by atoms with Crippen molar-refractivity contribution in [3.8, 4) is 0 Å². The third-order valence-electron chi connectivity index (χ3n) is 9.02. The van der Waals surface area contributed by atoms with E-state index in [1.807, 2.05) is 0 Å². The number of esters is 2. The quantitative estimate of drug-likeness (QED) is 0.303. The number of hydrogen-bond donors (Lipinski definition) is 0. The van der Waals surface area contributed by atoms with Crippen LogP contribution < -0.4 is 0 Å². The van der Waals surface area contributed by atoms with E-state index in [1.54, 1.807) is 0 Å². The molecule has 2 unspecified atom stereocenters. The zero-order valence-electron chi connectivity index (χ0n) is 20.7. The summed E-state index contributed by atoms with van der Waals surface area (Å²) in [6.07, 6.45) is 7.02. The van der Waals surface area contributed by atoms with Gasteiger partial charge in [-0.2, -0.15) is 8.42 Å². The van der Waals surface area contributed by atoms with E-state index >= 15 is 0 Å². The Hall–Kier alpha value is -1.41. The van der Waals surface area contributed by atoms with Gasteiger partial charge in [-0.1, -0.05) is 26.0 Å². The summed E-state index contributed by atoms with van der Waals surface area (Å²) in [4.78, 5) is 23.2. The van der Waals surface area contributed by atoms with E-state index in [0.717, 1.165) is 44.8 Å². The highest BCUT2D eigenvalue weighted by Gasteiger charge is 2.57. The van der Waals surface area contributed by atoms with Crippen LogP contribution >= 0.6 is 0 Å². The molecule has 0 bridgehead atoms. The highest BCUT2D eigenvalue weighted by atomic mass is 32.2. The fraction of sp³-hybridized carbons (Fsp3) is 0.840. The van der Waals surface area contributed by atoms with Gasteiger partial charge in [0.15, 0.2) is 0 Å². The van der Waals surface area contributed by atoms with Crippen LogP contribution in [0.25, 0.3) is 0 Å². The van der Waals surface area contributed by atoms with E-state index < -0.39 is 10.1 Å². The molecule has 0 aromatic carbocycles. The van der Waals surface area contributed by atoms with Gasteiger partial charge in [0.25, 0.3) is 10.1 Å². The van der Waals surface area contributed by atoms with Gasteiger partial charge in [0, 0.05) is 19.8 Å². The second-order valence-electron chi connectivity index (χ2n) is 11.0. The number of hydrogen-bond acceptors (Lipinski definition) is 7. The first-order valence-electron chi connectivity index (χ1n) is 12.1. The molecule has 0 N–H and O–H groups in total. The number of carbonyl (C=O) groups excluding carboxylic acids is 2. The first-order chi connectivity index (χ1) is 15.3. The number of allylic oxidation sites excluding steroid dienone is 1. The Balaban J connectivity index is 1.93. The van der Waals surface area contributed by atoms with Crippen molar-refractivity contribution in [2.45, 2.75) is 78.7 Å². The van der Waals surface area contributed by atoms with E-state index in [4.69, 9.17) is 13.7 Å². The van der Waals surface area contributed by atoms with Gasteiger partial charge < -0.3 is 9.47 Å². The number of fused-ring (bicyclic) bond motifs is 1. The minimum atomic E-state index is -3.57. The van der Waals surface area contributed by atoms with E-state index in [0.29, 0.717) is 12.3 Å². The lowest BCUT2D eigenvalue weighted by Crippen LogP contribution is -2.52. The van der Waals surface area contributed by atoms with Crippen LogP contribution in [0.15, 0.2) is 12.2 Å². The Morgan fingerprint density at radius 3 is 2.33 bits per heavy atom. The largest absolute Gasteiger partial charge is 0.466 e. The number of rotatable bonds is 7. The monoisotopic (exact) mass is 484 g/mol. The summed E-state index contributed by atoms with van der Waals surface area (Å²) >= 11 is 0. The maximum atomic E-state index is 11.9. The average Bonchev–Trinajstić information content (AvgIpc) is 3.00. The Bertz CT molecular complexity index is 881. The lowest BCUT2D eigenvalue weighted by atomic mass is 9.49. The minimum absolute atomic E-state index is 0.00128. The molecule has 188 valence electrons. The van der Waals surface area contributed by atoms with Crippen molar-refractivity contribution in [1.29, 1.82) is 0 Å². The van der Waals surface area contributed by atoms with Crippen LogP contribution in [-0.4, -0.2) is 45.9 Å². The molecular weight excluding hydrogens is 444 g/mol. The van der Waals surface area contributed by atoms with Crippen molar-refractivity contribution in [2.24, 2.45) is 34.5 Å². The lowest BCUT2D eigenvalue weighted by molar-refractivity contribution is -0.161. The molecule has 0 heterocycles. The smallest absolute Gasteiger partial charge is 0.302 e. The van der Waals surface area contributed by atoms with E-state index in [1.165, 1.54) is 19.4 Å². The highest BCUT2D eigenvalue weighted by Crippen LogP contribution is 2.63. The Labute approximate surface area is 198 Å². The number of ether oxygens (including phenoxy) is 2. The molecule has 3 fully saturated rings.